The van der Waals surface area contributed by atoms with Gasteiger partial charge in [0.25, 0.3) is 0 Å². The minimum absolute atomic E-state index is 0.108. The number of rotatable bonds is 3. The van der Waals surface area contributed by atoms with Gasteiger partial charge in [-0.2, -0.15) is 0 Å². The van der Waals surface area contributed by atoms with Crippen LogP contribution in [-0.2, 0) is 17.3 Å². The summed E-state index contributed by atoms with van der Waals surface area (Å²) in [7, 11) is 0. The Morgan fingerprint density at radius 1 is 0.688 bits per heavy atom. The van der Waals surface area contributed by atoms with E-state index in [0.29, 0.717) is 5.92 Å². The maximum Gasteiger partial charge on any atom is -0.00134 e. The normalized spacial score (nSPS) is 14.0. The quantitative estimate of drug-likeness (QED) is 0.394. The van der Waals surface area contributed by atoms with Crippen LogP contribution in [0.25, 0.3) is 22.8 Å². The van der Waals surface area contributed by atoms with Crippen LogP contribution >= 0.6 is 0 Å². The molecule has 0 aromatic heterocycles. The summed E-state index contributed by atoms with van der Waals surface area (Å²) in [4.78, 5) is 0. The van der Waals surface area contributed by atoms with Crippen molar-refractivity contribution in [3.8, 4) is 11.1 Å². The van der Waals surface area contributed by atoms with E-state index in [9.17, 15) is 0 Å². The Kier molecular flexibility index (Phi) is 5.70. The molecule has 0 nitrogen and oxygen atoms in total. The largest absolute Gasteiger partial charge is 0.0622 e. The molecule has 0 unspecified atom stereocenters. The Morgan fingerprint density at radius 3 is 1.81 bits per heavy atom. The molecule has 3 aromatic carbocycles. The lowest BCUT2D eigenvalue weighted by Crippen LogP contribution is -2.16. The Balaban J connectivity index is 1.99. The van der Waals surface area contributed by atoms with Gasteiger partial charge in [0.2, 0.25) is 0 Å². The third kappa shape index (κ3) is 4.33. The van der Waals surface area contributed by atoms with Crippen LogP contribution in [0.2, 0.25) is 0 Å². The summed E-state index contributed by atoms with van der Waals surface area (Å²) in [6.45, 7) is 18.6. The number of allylic oxidation sites excluding steroid dienone is 1. The molecule has 0 heteroatoms. The van der Waals surface area contributed by atoms with Crippen molar-refractivity contribution < 1.29 is 0 Å². The first-order valence-electron chi connectivity index (χ1n) is 12.0. The molecule has 0 aliphatic heterocycles. The van der Waals surface area contributed by atoms with Crippen LogP contribution in [0.5, 0.6) is 0 Å². The Hall–Kier alpha value is -2.60. The van der Waals surface area contributed by atoms with Crippen LogP contribution in [0.15, 0.2) is 60.7 Å². The first kappa shape index (κ1) is 22.6. The molecule has 0 saturated heterocycles. The first-order valence-corrected chi connectivity index (χ1v) is 12.0. The van der Waals surface area contributed by atoms with Gasteiger partial charge in [0, 0.05) is 0 Å². The molecular weight excluding hydrogens is 384 g/mol. The van der Waals surface area contributed by atoms with Crippen LogP contribution in [-0.4, -0.2) is 0 Å². The van der Waals surface area contributed by atoms with E-state index in [0.717, 1.165) is 6.42 Å². The zero-order chi connectivity index (χ0) is 23.3. The summed E-state index contributed by atoms with van der Waals surface area (Å²) in [6, 6.07) is 22.9. The summed E-state index contributed by atoms with van der Waals surface area (Å²) in [6.07, 6.45) is 3.46. The van der Waals surface area contributed by atoms with Crippen molar-refractivity contribution in [2.24, 2.45) is 0 Å². The van der Waals surface area contributed by atoms with E-state index in [1.54, 1.807) is 0 Å². The second kappa shape index (κ2) is 8.07. The SMILES string of the molecule is CC(C)c1ccc2c(c1-c1cc(C(C)(C)C)cc(C(C)(C)C)c1)C=C(c1ccccc1)C2. The maximum absolute atomic E-state index is 2.45. The van der Waals surface area contributed by atoms with E-state index in [-0.39, 0.29) is 10.8 Å². The fourth-order valence-electron chi connectivity index (χ4n) is 4.71. The Bertz CT molecular complexity index is 1130. The maximum atomic E-state index is 2.45. The number of fused-ring (bicyclic) bond motifs is 1. The van der Waals surface area contributed by atoms with Crippen molar-refractivity contribution >= 4 is 11.6 Å². The molecule has 0 amide bonds. The predicted molar refractivity (Wildman–Crippen MR) is 141 cm³/mol. The van der Waals surface area contributed by atoms with Gasteiger partial charge in [-0.25, -0.2) is 0 Å². The van der Waals surface area contributed by atoms with Gasteiger partial charge < -0.3 is 0 Å². The molecular formula is C32H38. The summed E-state index contributed by atoms with van der Waals surface area (Å²) >= 11 is 0. The summed E-state index contributed by atoms with van der Waals surface area (Å²) in [5, 5.41) is 0. The van der Waals surface area contributed by atoms with Crippen molar-refractivity contribution in [1.82, 2.24) is 0 Å². The Labute approximate surface area is 195 Å². The van der Waals surface area contributed by atoms with Crippen LogP contribution in [0, 0.1) is 0 Å². The highest BCUT2D eigenvalue weighted by atomic mass is 14.3. The second-order valence-electron chi connectivity index (χ2n) is 11.8. The number of hydrogen-bond acceptors (Lipinski definition) is 0. The van der Waals surface area contributed by atoms with Gasteiger partial charge in [-0.05, 0) is 79.3 Å². The monoisotopic (exact) mass is 422 g/mol. The van der Waals surface area contributed by atoms with Crippen molar-refractivity contribution in [3.05, 3.63) is 94.0 Å². The molecule has 0 spiro atoms. The molecule has 0 heterocycles. The molecule has 1 aliphatic rings. The number of benzene rings is 3. The second-order valence-corrected chi connectivity index (χ2v) is 11.8. The van der Waals surface area contributed by atoms with Gasteiger partial charge in [-0.1, -0.05) is 116 Å². The van der Waals surface area contributed by atoms with Crippen molar-refractivity contribution in [2.45, 2.75) is 78.6 Å². The van der Waals surface area contributed by atoms with Crippen molar-refractivity contribution in [3.63, 3.8) is 0 Å². The van der Waals surface area contributed by atoms with Crippen LogP contribution in [0.4, 0.5) is 0 Å². The van der Waals surface area contributed by atoms with Crippen LogP contribution < -0.4 is 0 Å². The van der Waals surface area contributed by atoms with Crippen LogP contribution in [0.1, 0.15) is 94.7 Å². The number of hydrogen-bond donors (Lipinski definition) is 0. The molecule has 0 N–H and O–H groups in total. The van der Waals surface area contributed by atoms with Crippen molar-refractivity contribution in [2.75, 3.05) is 0 Å². The highest BCUT2D eigenvalue weighted by Crippen LogP contribution is 2.43. The van der Waals surface area contributed by atoms with E-state index in [2.05, 4.69) is 122 Å². The highest BCUT2D eigenvalue weighted by Gasteiger charge is 2.25. The van der Waals surface area contributed by atoms with E-state index >= 15 is 0 Å². The summed E-state index contributed by atoms with van der Waals surface area (Å²) < 4.78 is 0. The van der Waals surface area contributed by atoms with Gasteiger partial charge in [-0.15, -0.1) is 0 Å². The van der Waals surface area contributed by atoms with E-state index in [1.165, 1.54) is 50.1 Å². The molecule has 0 atom stereocenters. The molecule has 166 valence electrons. The van der Waals surface area contributed by atoms with Crippen LogP contribution in [0.3, 0.4) is 0 Å². The smallest absolute Gasteiger partial charge is 0.00134 e. The van der Waals surface area contributed by atoms with Gasteiger partial charge in [-0.3, -0.25) is 0 Å². The lowest BCUT2D eigenvalue weighted by atomic mass is 9.77. The fourth-order valence-corrected chi connectivity index (χ4v) is 4.71. The lowest BCUT2D eigenvalue weighted by Gasteiger charge is -2.27. The van der Waals surface area contributed by atoms with E-state index in [1.807, 2.05) is 0 Å². The minimum Gasteiger partial charge on any atom is -0.0622 e. The van der Waals surface area contributed by atoms with Crippen molar-refractivity contribution in [1.29, 1.82) is 0 Å². The van der Waals surface area contributed by atoms with E-state index < -0.39 is 0 Å². The van der Waals surface area contributed by atoms with Gasteiger partial charge >= 0.3 is 0 Å². The predicted octanol–water partition coefficient (Wildman–Crippen LogP) is 9.17. The third-order valence-corrected chi connectivity index (χ3v) is 6.79. The molecule has 4 rings (SSSR count). The zero-order valence-electron chi connectivity index (χ0n) is 21.1. The van der Waals surface area contributed by atoms with Gasteiger partial charge in [0.15, 0.2) is 0 Å². The summed E-state index contributed by atoms with van der Waals surface area (Å²) in [5.41, 5.74) is 12.9. The topological polar surface area (TPSA) is 0 Å². The molecule has 32 heavy (non-hydrogen) atoms. The molecule has 1 aliphatic carbocycles. The third-order valence-electron chi connectivity index (χ3n) is 6.79. The lowest BCUT2D eigenvalue weighted by molar-refractivity contribution is 0.569. The molecule has 3 aromatic rings. The average Bonchev–Trinajstić information content (AvgIpc) is 3.16. The molecule has 0 fully saturated rings. The van der Waals surface area contributed by atoms with E-state index in [4.69, 9.17) is 0 Å². The highest BCUT2D eigenvalue weighted by molar-refractivity contribution is 5.95. The molecule has 0 saturated carbocycles. The molecule has 0 radical (unpaired) electrons. The first-order chi connectivity index (χ1) is 14.9. The standard InChI is InChI=1S/C32H38/c1-21(2)28-15-14-23-16-24(22-12-10-9-11-13-22)19-29(23)30(28)25-17-26(31(3,4)5)20-27(18-25)32(6,7)8/h9-15,17-21H,16H2,1-8H3. The minimum atomic E-state index is 0.108. The van der Waals surface area contributed by atoms with Gasteiger partial charge in [0.1, 0.15) is 0 Å². The summed E-state index contributed by atoms with van der Waals surface area (Å²) in [5.74, 6) is 0.473. The Morgan fingerprint density at radius 2 is 1.28 bits per heavy atom. The molecule has 0 bridgehead atoms. The zero-order valence-corrected chi connectivity index (χ0v) is 21.1. The fraction of sp³-hybridized carbons (Fsp3) is 0.375. The van der Waals surface area contributed by atoms with Gasteiger partial charge in [0.05, 0.1) is 0 Å². The average molecular weight is 423 g/mol.